The Morgan fingerprint density at radius 2 is 2.03 bits per heavy atom. The quantitative estimate of drug-likeness (QED) is 0.570. The first-order valence-electron chi connectivity index (χ1n) is 10.7. The lowest BCUT2D eigenvalue weighted by molar-refractivity contribution is -0.118. The number of hydrogen-bond donors (Lipinski definition) is 2. The highest BCUT2D eigenvalue weighted by Crippen LogP contribution is 2.33. The van der Waals surface area contributed by atoms with Crippen molar-refractivity contribution in [3.63, 3.8) is 0 Å². The summed E-state index contributed by atoms with van der Waals surface area (Å²) in [6.07, 6.45) is 4.30. The van der Waals surface area contributed by atoms with Crippen LogP contribution in [0.4, 0.5) is 9.93 Å². The standard InChI is InChI=1S/C22H29N3O5S2/c1-3-15-9-10-17-19(13-15)31-21(23-17)25-20(26)18(11-12-32(2,28)29)24-22(27)30-14-16-7-5-4-6-8-16/h4-8,15,18H,3,9-14H2,1-2H3,(H,24,27)(H,23,25,26). The summed E-state index contributed by atoms with van der Waals surface area (Å²) in [6.45, 7) is 2.22. The zero-order chi connectivity index (χ0) is 23.1. The SMILES string of the molecule is CCC1CCc2nc(NC(=O)C(CCS(C)(=O)=O)NC(=O)OCc3ccccc3)sc2C1. The fraction of sp³-hybridized carbons (Fsp3) is 0.500. The predicted octanol–water partition coefficient (Wildman–Crippen LogP) is 3.33. The number of nitrogens with zero attached hydrogens (tertiary/aromatic N) is 1. The van der Waals surface area contributed by atoms with Gasteiger partial charge in [-0.25, -0.2) is 18.2 Å². The Hall–Kier alpha value is -2.46. The number of amides is 2. The Bertz CT molecular complexity index is 1040. The molecule has 0 aliphatic heterocycles. The average Bonchev–Trinajstić information content (AvgIpc) is 3.16. The second-order valence-corrected chi connectivity index (χ2v) is 11.4. The molecule has 2 atom stereocenters. The third kappa shape index (κ3) is 7.30. The number of hydrogen-bond acceptors (Lipinski definition) is 7. The van der Waals surface area contributed by atoms with E-state index >= 15 is 0 Å². The molecular weight excluding hydrogens is 450 g/mol. The van der Waals surface area contributed by atoms with Crippen LogP contribution in [0, 0.1) is 5.92 Å². The van der Waals surface area contributed by atoms with Crippen LogP contribution in [-0.2, 0) is 38.8 Å². The third-order valence-electron chi connectivity index (χ3n) is 5.45. The number of carbonyl (C=O) groups excluding carboxylic acids is 2. The minimum Gasteiger partial charge on any atom is -0.445 e. The number of sulfone groups is 1. The Labute approximate surface area is 192 Å². The maximum absolute atomic E-state index is 12.9. The minimum absolute atomic E-state index is 0.0465. The fourth-order valence-electron chi connectivity index (χ4n) is 3.55. The van der Waals surface area contributed by atoms with Gasteiger partial charge in [0.15, 0.2) is 5.13 Å². The topological polar surface area (TPSA) is 114 Å². The van der Waals surface area contributed by atoms with Crippen LogP contribution in [0.1, 0.15) is 42.3 Å². The van der Waals surface area contributed by atoms with E-state index in [2.05, 4.69) is 22.5 Å². The molecule has 2 aromatic rings. The van der Waals surface area contributed by atoms with Crippen molar-refractivity contribution in [2.45, 2.75) is 51.7 Å². The number of ether oxygens (including phenoxy) is 1. The lowest BCUT2D eigenvalue weighted by Gasteiger charge is -2.18. The number of fused-ring (bicyclic) bond motifs is 1. The van der Waals surface area contributed by atoms with E-state index in [4.69, 9.17) is 4.74 Å². The number of carbonyl (C=O) groups is 2. The Morgan fingerprint density at radius 1 is 1.28 bits per heavy atom. The summed E-state index contributed by atoms with van der Waals surface area (Å²) >= 11 is 1.44. The van der Waals surface area contributed by atoms with Crippen molar-refractivity contribution in [1.29, 1.82) is 0 Å². The highest BCUT2D eigenvalue weighted by molar-refractivity contribution is 7.90. The van der Waals surface area contributed by atoms with Crippen LogP contribution in [0.25, 0.3) is 0 Å². The second kappa shape index (κ2) is 10.9. The van der Waals surface area contributed by atoms with Crippen molar-refractivity contribution in [3.05, 3.63) is 46.5 Å². The van der Waals surface area contributed by atoms with Crippen molar-refractivity contribution in [3.8, 4) is 0 Å². The van der Waals surface area contributed by atoms with E-state index in [1.807, 2.05) is 30.3 Å². The molecule has 1 aromatic carbocycles. The van der Waals surface area contributed by atoms with Gasteiger partial charge in [0.2, 0.25) is 5.91 Å². The summed E-state index contributed by atoms with van der Waals surface area (Å²) < 4.78 is 28.4. The Kier molecular flexibility index (Phi) is 8.25. The monoisotopic (exact) mass is 479 g/mol. The molecule has 8 nitrogen and oxygen atoms in total. The first-order valence-corrected chi connectivity index (χ1v) is 13.6. The maximum atomic E-state index is 12.9. The predicted molar refractivity (Wildman–Crippen MR) is 124 cm³/mol. The number of aromatic nitrogens is 1. The molecule has 3 rings (SSSR count). The second-order valence-electron chi connectivity index (χ2n) is 8.07. The molecule has 2 unspecified atom stereocenters. The van der Waals surface area contributed by atoms with Gasteiger partial charge >= 0.3 is 6.09 Å². The molecule has 10 heteroatoms. The van der Waals surface area contributed by atoms with Gasteiger partial charge in [0.05, 0.1) is 11.4 Å². The number of benzene rings is 1. The van der Waals surface area contributed by atoms with Gasteiger partial charge in [0.1, 0.15) is 22.5 Å². The molecule has 1 heterocycles. The number of thiazole rings is 1. The van der Waals surface area contributed by atoms with Gasteiger partial charge in [-0.1, -0.05) is 43.7 Å². The van der Waals surface area contributed by atoms with E-state index in [1.54, 1.807) is 0 Å². The summed E-state index contributed by atoms with van der Waals surface area (Å²) in [5.74, 6) is -0.116. The number of aryl methyl sites for hydroxylation is 1. The number of nitrogens with one attached hydrogen (secondary N) is 2. The van der Waals surface area contributed by atoms with E-state index in [0.29, 0.717) is 11.0 Å². The van der Waals surface area contributed by atoms with Gasteiger partial charge in [0, 0.05) is 11.1 Å². The Morgan fingerprint density at radius 3 is 2.72 bits per heavy atom. The van der Waals surface area contributed by atoms with Crippen LogP contribution < -0.4 is 10.6 Å². The maximum Gasteiger partial charge on any atom is 0.408 e. The average molecular weight is 480 g/mol. The van der Waals surface area contributed by atoms with Crippen LogP contribution in [0.5, 0.6) is 0 Å². The molecule has 1 aromatic heterocycles. The van der Waals surface area contributed by atoms with Crippen molar-refractivity contribution in [2.75, 3.05) is 17.3 Å². The van der Waals surface area contributed by atoms with Crippen LogP contribution in [0.3, 0.4) is 0 Å². The molecule has 0 radical (unpaired) electrons. The number of alkyl carbamates (subject to hydrolysis) is 1. The van der Waals surface area contributed by atoms with E-state index < -0.39 is 27.9 Å². The van der Waals surface area contributed by atoms with Crippen molar-refractivity contribution in [2.24, 2.45) is 5.92 Å². The Balaban J connectivity index is 1.63. The van der Waals surface area contributed by atoms with E-state index in [0.717, 1.165) is 43.2 Å². The smallest absolute Gasteiger partial charge is 0.408 e. The van der Waals surface area contributed by atoms with Crippen LogP contribution in [0.15, 0.2) is 30.3 Å². The van der Waals surface area contributed by atoms with Gasteiger partial charge < -0.3 is 15.4 Å². The summed E-state index contributed by atoms with van der Waals surface area (Å²) in [5.41, 5.74) is 1.82. The molecule has 174 valence electrons. The fourth-order valence-corrected chi connectivity index (χ4v) is 5.33. The molecule has 1 aliphatic carbocycles. The van der Waals surface area contributed by atoms with Gasteiger partial charge in [0.25, 0.3) is 0 Å². The zero-order valence-corrected chi connectivity index (χ0v) is 19.9. The zero-order valence-electron chi connectivity index (χ0n) is 18.3. The van der Waals surface area contributed by atoms with Crippen molar-refractivity contribution < 1.29 is 22.7 Å². The largest absolute Gasteiger partial charge is 0.445 e. The first-order chi connectivity index (χ1) is 15.2. The molecule has 0 bridgehead atoms. The van der Waals surface area contributed by atoms with Crippen molar-refractivity contribution >= 4 is 38.3 Å². The first kappa shape index (κ1) is 24.2. The molecule has 0 saturated heterocycles. The highest BCUT2D eigenvalue weighted by Gasteiger charge is 2.26. The van der Waals surface area contributed by atoms with Gasteiger partial charge in [-0.3, -0.25) is 4.79 Å². The molecule has 2 N–H and O–H groups in total. The van der Waals surface area contributed by atoms with E-state index in [-0.39, 0.29) is 18.8 Å². The van der Waals surface area contributed by atoms with E-state index in [1.165, 1.54) is 16.2 Å². The molecule has 1 aliphatic rings. The summed E-state index contributed by atoms with van der Waals surface area (Å²) in [7, 11) is -3.31. The van der Waals surface area contributed by atoms with Gasteiger partial charge in [-0.15, -0.1) is 11.3 Å². The molecule has 2 amide bonds. The van der Waals surface area contributed by atoms with Crippen LogP contribution in [-0.4, -0.2) is 43.5 Å². The van der Waals surface area contributed by atoms with Gasteiger partial charge in [-0.05, 0) is 37.2 Å². The third-order valence-corrected chi connectivity index (χ3v) is 7.46. The molecule has 0 spiro atoms. The van der Waals surface area contributed by atoms with Crippen LogP contribution >= 0.6 is 11.3 Å². The summed E-state index contributed by atoms with van der Waals surface area (Å²) in [4.78, 5) is 30.8. The molecule has 0 saturated carbocycles. The molecule has 32 heavy (non-hydrogen) atoms. The summed E-state index contributed by atoms with van der Waals surface area (Å²) in [6, 6.07) is 8.08. The summed E-state index contributed by atoms with van der Waals surface area (Å²) in [5, 5.41) is 5.72. The number of anilines is 1. The lowest BCUT2D eigenvalue weighted by Crippen LogP contribution is -2.45. The molecule has 0 fully saturated rings. The highest BCUT2D eigenvalue weighted by atomic mass is 32.2. The number of rotatable bonds is 9. The molecular formula is C22H29N3O5S2. The minimum atomic E-state index is -3.31. The lowest BCUT2D eigenvalue weighted by atomic mass is 9.89. The van der Waals surface area contributed by atoms with Crippen LogP contribution in [0.2, 0.25) is 0 Å². The van der Waals surface area contributed by atoms with E-state index in [9.17, 15) is 18.0 Å². The normalized spacial score (nSPS) is 16.6. The van der Waals surface area contributed by atoms with Gasteiger partial charge in [-0.2, -0.15) is 0 Å². The van der Waals surface area contributed by atoms with Crippen molar-refractivity contribution in [1.82, 2.24) is 10.3 Å².